The Morgan fingerprint density at radius 2 is 1.81 bits per heavy atom. The highest BCUT2D eigenvalue weighted by molar-refractivity contribution is 6.32. The molecule has 94 valence electrons. The van der Waals surface area contributed by atoms with Crippen LogP contribution in [0.2, 0.25) is 0 Å². The van der Waals surface area contributed by atoms with Crippen LogP contribution in [0.1, 0.15) is 33.1 Å². The predicted octanol–water partition coefficient (Wildman–Crippen LogP) is 0.873. The van der Waals surface area contributed by atoms with Gasteiger partial charge >= 0.3 is 11.9 Å². The summed E-state index contributed by atoms with van der Waals surface area (Å²) in [6, 6.07) is 0. The summed E-state index contributed by atoms with van der Waals surface area (Å²) >= 11 is 0. The lowest BCUT2D eigenvalue weighted by atomic mass is 10.3. The molecule has 0 atom stereocenters. The lowest BCUT2D eigenvalue weighted by Crippen LogP contribution is -2.33. The molecule has 16 heavy (non-hydrogen) atoms. The third kappa shape index (κ3) is 8.23. The van der Waals surface area contributed by atoms with Gasteiger partial charge in [0.25, 0.3) is 0 Å². The average molecular weight is 231 g/mol. The first-order valence-electron chi connectivity index (χ1n) is 5.75. The Bertz CT molecular complexity index is 206. The lowest BCUT2D eigenvalue weighted by molar-refractivity contribution is -0.154. The van der Waals surface area contributed by atoms with Gasteiger partial charge in [0, 0.05) is 19.8 Å². The highest BCUT2D eigenvalue weighted by atomic mass is 16.5. The molecule has 0 spiro atoms. The molecule has 0 unspecified atom stereocenters. The number of hydrogen-bond acceptors (Lipinski definition) is 4. The van der Waals surface area contributed by atoms with Crippen molar-refractivity contribution in [2.45, 2.75) is 33.1 Å². The zero-order valence-corrected chi connectivity index (χ0v) is 10.1. The Kier molecular flexibility index (Phi) is 9.70. The van der Waals surface area contributed by atoms with Gasteiger partial charge in [0.05, 0.1) is 6.61 Å². The van der Waals surface area contributed by atoms with Crippen molar-refractivity contribution in [2.24, 2.45) is 0 Å². The fourth-order valence-corrected chi connectivity index (χ4v) is 0.993. The molecular weight excluding hydrogens is 210 g/mol. The molecule has 0 aromatic carbocycles. The molecule has 5 nitrogen and oxygen atoms in total. The zero-order valence-electron chi connectivity index (χ0n) is 10.1. The van der Waals surface area contributed by atoms with E-state index in [9.17, 15) is 9.59 Å². The number of rotatable bonds is 8. The molecule has 0 aromatic heterocycles. The van der Waals surface area contributed by atoms with E-state index < -0.39 is 11.9 Å². The fraction of sp³-hybridized carbons (Fsp3) is 0.818. The van der Waals surface area contributed by atoms with Gasteiger partial charge in [-0.25, -0.2) is 4.79 Å². The summed E-state index contributed by atoms with van der Waals surface area (Å²) in [6.07, 6.45) is 2.86. The van der Waals surface area contributed by atoms with Crippen molar-refractivity contribution in [1.29, 1.82) is 0 Å². The van der Waals surface area contributed by atoms with Gasteiger partial charge in [-0.3, -0.25) is 4.79 Å². The topological polar surface area (TPSA) is 64.6 Å². The van der Waals surface area contributed by atoms with E-state index in [0.29, 0.717) is 19.6 Å². The standard InChI is InChI=1S/C11H21NO4/c1-3-5-8-15-9-6-7-12-10(13)11(14)16-4-2/h3-9H2,1-2H3,(H,12,13). The number of amides is 1. The zero-order chi connectivity index (χ0) is 12.2. The van der Waals surface area contributed by atoms with Crippen molar-refractivity contribution in [3.05, 3.63) is 0 Å². The molecular formula is C11H21NO4. The smallest absolute Gasteiger partial charge is 0.396 e. The van der Waals surface area contributed by atoms with E-state index in [1.54, 1.807) is 6.92 Å². The SMILES string of the molecule is CCCCOCCCNC(=O)C(=O)OCC. The van der Waals surface area contributed by atoms with Crippen LogP contribution in [-0.2, 0) is 19.1 Å². The predicted molar refractivity (Wildman–Crippen MR) is 60.0 cm³/mol. The molecule has 0 aliphatic carbocycles. The molecule has 0 radical (unpaired) electrons. The van der Waals surface area contributed by atoms with Crippen LogP contribution >= 0.6 is 0 Å². The minimum Gasteiger partial charge on any atom is -0.459 e. The number of carbonyl (C=O) groups excluding carboxylic acids is 2. The lowest BCUT2D eigenvalue weighted by Gasteiger charge is -2.05. The second kappa shape index (κ2) is 10.4. The van der Waals surface area contributed by atoms with Gasteiger partial charge in [0.15, 0.2) is 0 Å². The molecule has 5 heteroatoms. The summed E-state index contributed by atoms with van der Waals surface area (Å²) in [4.78, 5) is 21.9. The van der Waals surface area contributed by atoms with Crippen LogP contribution in [0.15, 0.2) is 0 Å². The average Bonchev–Trinajstić information content (AvgIpc) is 2.28. The molecule has 1 amide bonds. The van der Waals surface area contributed by atoms with Gasteiger partial charge in [-0.15, -0.1) is 0 Å². The summed E-state index contributed by atoms with van der Waals surface area (Å²) < 4.78 is 9.83. The third-order valence-electron chi connectivity index (χ3n) is 1.85. The van der Waals surface area contributed by atoms with Crippen molar-refractivity contribution < 1.29 is 19.1 Å². The highest BCUT2D eigenvalue weighted by Gasteiger charge is 2.12. The van der Waals surface area contributed by atoms with Gasteiger partial charge in [-0.05, 0) is 19.8 Å². The molecule has 0 fully saturated rings. The van der Waals surface area contributed by atoms with E-state index in [1.807, 2.05) is 0 Å². The molecule has 0 saturated carbocycles. The summed E-state index contributed by atoms with van der Waals surface area (Å²) in [5.41, 5.74) is 0. The summed E-state index contributed by atoms with van der Waals surface area (Å²) in [5.74, 6) is -1.51. The Morgan fingerprint density at radius 3 is 2.44 bits per heavy atom. The summed E-state index contributed by atoms with van der Waals surface area (Å²) in [5, 5.41) is 2.46. The van der Waals surface area contributed by atoms with E-state index in [-0.39, 0.29) is 6.61 Å². The van der Waals surface area contributed by atoms with Gasteiger partial charge in [-0.2, -0.15) is 0 Å². The quantitative estimate of drug-likeness (QED) is 0.382. The Balaban J connectivity index is 3.31. The first kappa shape index (κ1) is 14.9. The van der Waals surface area contributed by atoms with E-state index >= 15 is 0 Å². The summed E-state index contributed by atoms with van der Waals surface area (Å²) in [7, 11) is 0. The molecule has 0 rings (SSSR count). The number of hydrogen-bond donors (Lipinski definition) is 1. The summed E-state index contributed by atoms with van der Waals surface area (Å²) in [6.45, 7) is 5.76. The van der Waals surface area contributed by atoms with E-state index in [4.69, 9.17) is 4.74 Å². The van der Waals surface area contributed by atoms with Crippen LogP contribution in [0.4, 0.5) is 0 Å². The Hall–Kier alpha value is -1.10. The minimum absolute atomic E-state index is 0.215. The number of esters is 1. The van der Waals surface area contributed by atoms with Gasteiger partial charge in [-0.1, -0.05) is 13.3 Å². The number of nitrogens with one attached hydrogen (secondary N) is 1. The largest absolute Gasteiger partial charge is 0.459 e. The molecule has 0 aliphatic heterocycles. The highest BCUT2D eigenvalue weighted by Crippen LogP contribution is 1.89. The van der Waals surface area contributed by atoms with Crippen LogP contribution in [0.3, 0.4) is 0 Å². The second-order valence-corrected chi connectivity index (χ2v) is 3.30. The number of ether oxygens (including phenoxy) is 2. The van der Waals surface area contributed by atoms with Crippen LogP contribution in [-0.4, -0.2) is 38.2 Å². The first-order valence-corrected chi connectivity index (χ1v) is 5.75. The van der Waals surface area contributed by atoms with Gasteiger partial charge in [0.1, 0.15) is 0 Å². The molecule has 0 saturated heterocycles. The normalized spacial score (nSPS) is 9.88. The maximum absolute atomic E-state index is 11.0. The van der Waals surface area contributed by atoms with Crippen molar-refractivity contribution in [3.63, 3.8) is 0 Å². The molecule has 1 N–H and O–H groups in total. The van der Waals surface area contributed by atoms with Crippen molar-refractivity contribution in [2.75, 3.05) is 26.4 Å². The number of carbonyl (C=O) groups is 2. The fourth-order valence-electron chi connectivity index (χ4n) is 0.993. The minimum atomic E-state index is -0.825. The Morgan fingerprint density at radius 1 is 1.12 bits per heavy atom. The maximum Gasteiger partial charge on any atom is 0.396 e. The van der Waals surface area contributed by atoms with E-state index in [2.05, 4.69) is 17.0 Å². The molecule has 0 aromatic rings. The third-order valence-corrected chi connectivity index (χ3v) is 1.85. The van der Waals surface area contributed by atoms with Crippen LogP contribution < -0.4 is 5.32 Å². The monoisotopic (exact) mass is 231 g/mol. The van der Waals surface area contributed by atoms with Crippen molar-refractivity contribution in [1.82, 2.24) is 5.32 Å². The van der Waals surface area contributed by atoms with Crippen molar-refractivity contribution >= 4 is 11.9 Å². The molecule has 0 heterocycles. The van der Waals surface area contributed by atoms with Crippen LogP contribution in [0.25, 0.3) is 0 Å². The maximum atomic E-state index is 11.0. The van der Waals surface area contributed by atoms with Crippen LogP contribution in [0, 0.1) is 0 Å². The molecule has 0 bridgehead atoms. The van der Waals surface area contributed by atoms with Crippen LogP contribution in [0.5, 0.6) is 0 Å². The first-order chi connectivity index (χ1) is 7.72. The van der Waals surface area contributed by atoms with Gasteiger partial charge in [0.2, 0.25) is 0 Å². The van der Waals surface area contributed by atoms with E-state index in [1.165, 1.54) is 0 Å². The van der Waals surface area contributed by atoms with Crippen molar-refractivity contribution in [3.8, 4) is 0 Å². The number of unbranched alkanes of at least 4 members (excludes halogenated alkanes) is 1. The van der Waals surface area contributed by atoms with E-state index in [0.717, 1.165) is 19.4 Å². The Labute approximate surface area is 96.5 Å². The van der Waals surface area contributed by atoms with Gasteiger partial charge < -0.3 is 14.8 Å². The molecule has 0 aliphatic rings. The second-order valence-electron chi connectivity index (χ2n) is 3.30.